The third-order valence-electron chi connectivity index (χ3n) is 3.95. The number of ether oxygens (including phenoxy) is 1. The first kappa shape index (κ1) is 22.0. The topological polar surface area (TPSA) is 81.4 Å². The van der Waals surface area contributed by atoms with E-state index in [4.69, 9.17) is 16.3 Å². The maximum atomic E-state index is 13.4. The molecule has 1 aromatic heterocycles. The molecule has 1 heterocycles. The van der Waals surface area contributed by atoms with Crippen molar-refractivity contribution in [2.24, 2.45) is 0 Å². The van der Waals surface area contributed by atoms with Crippen LogP contribution in [0.3, 0.4) is 0 Å². The number of hydrogen-bond acceptors (Lipinski definition) is 5. The van der Waals surface area contributed by atoms with Gasteiger partial charge in [0.15, 0.2) is 14.9 Å². The van der Waals surface area contributed by atoms with E-state index in [0.717, 1.165) is 18.4 Å². The molecule has 0 amide bonds. The summed E-state index contributed by atoms with van der Waals surface area (Å²) in [5, 5.41) is 10.4. The van der Waals surface area contributed by atoms with Gasteiger partial charge in [-0.05, 0) is 23.7 Å². The molecule has 27 heavy (non-hydrogen) atoms. The van der Waals surface area contributed by atoms with E-state index in [2.05, 4.69) is 24.6 Å². The summed E-state index contributed by atoms with van der Waals surface area (Å²) in [7, 11) is -4.87. The Kier molecular flexibility index (Phi) is 6.85. The highest BCUT2D eigenvalue weighted by atomic mass is 35.5. The summed E-state index contributed by atoms with van der Waals surface area (Å²) >= 11 is 5.78. The van der Waals surface area contributed by atoms with Crippen LogP contribution in [0.1, 0.15) is 17.5 Å². The molecule has 0 fully saturated rings. The molecule has 0 saturated heterocycles. The van der Waals surface area contributed by atoms with Gasteiger partial charge in [-0.15, -0.1) is 0 Å². The highest BCUT2D eigenvalue weighted by Gasteiger charge is 2.24. The van der Waals surface area contributed by atoms with Crippen LogP contribution in [0.25, 0.3) is 0 Å². The average molecular weight is 435 g/mol. The number of imidazole rings is 1. The average Bonchev–Trinajstić information content (AvgIpc) is 2.96. The third-order valence-corrected chi connectivity index (χ3v) is 7.03. The second-order valence-electron chi connectivity index (χ2n) is 7.58. The summed E-state index contributed by atoms with van der Waals surface area (Å²) in [5.74, 6) is -0.520. The minimum absolute atomic E-state index is 0.0576. The Morgan fingerprint density at radius 1 is 1.37 bits per heavy atom. The number of aliphatic hydroxyl groups is 1. The van der Waals surface area contributed by atoms with Crippen molar-refractivity contribution in [2.45, 2.75) is 43.5 Å². The van der Waals surface area contributed by atoms with Gasteiger partial charge in [0.2, 0.25) is 0 Å². The van der Waals surface area contributed by atoms with Crippen LogP contribution in [0.2, 0.25) is 30.7 Å². The molecule has 0 spiro atoms. The summed E-state index contributed by atoms with van der Waals surface area (Å²) in [6, 6.07) is 4.71. The lowest BCUT2D eigenvalue weighted by Crippen LogP contribution is -2.23. The fourth-order valence-electron chi connectivity index (χ4n) is 2.38. The molecule has 0 aliphatic heterocycles. The van der Waals surface area contributed by atoms with Gasteiger partial charge in [0.25, 0.3) is 0 Å². The molecule has 0 bridgehead atoms. The third kappa shape index (κ3) is 5.85. The van der Waals surface area contributed by atoms with Crippen molar-refractivity contribution >= 4 is 29.5 Å². The minimum Gasteiger partial charge on any atom is -0.380 e. The summed E-state index contributed by atoms with van der Waals surface area (Å²) in [6.45, 7) is 7.05. The molecule has 1 aromatic carbocycles. The molecular weight excluding hydrogens is 411 g/mol. The molecule has 2 rings (SSSR count). The molecular formula is C17H24ClFN2O4SSi. The number of hydrogen-bond donors (Lipinski definition) is 1. The molecule has 6 nitrogen and oxygen atoms in total. The zero-order valence-electron chi connectivity index (χ0n) is 15.7. The van der Waals surface area contributed by atoms with Crippen LogP contribution in [0, 0.1) is 5.82 Å². The Balaban J connectivity index is 2.32. The second kappa shape index (κ2) is 8.40. The summed E-state index contributed by atoms with van der Waals surface area (Å²) in [5.41, 5.74) is 0.301. The summed E-state index contributed by atoms with van der Waals surface area (Å²) in [4.78, 5) is 4.06. The lowest BCUT2D eigenvalue weighted by Gasteiger charge is -2.18. The molecule has 150 valence electrons. The Labute approximate surface area is 164 Å². The highest BCUT2D eigenvalue weighted by Crippen LogP contribution is 2.27. The van der Waals surface area contributed by atoms with Gasteiger partial charge in [0.05, 0.1) is 11.2 Å². The molecule has 2 aromatic rings. The second-order valence-corrected chi connectivity index (χ2v) is 15.6. The van der Waals surface area contributed by atoms with E-state index in [1.807, 2.05) is 0 Å². The Morgan fingerprint density at radius 3 is 2.59 bits per heavy atom. The Hall–Kier alpha value is -1.26. The zero-order chi connectivity index (χ0) is 20.4. The molecule has 0 radical (unpaired) electrons. The number of aliphatic hydroxyl groups excluding tert-OH is 1. The van der Waals surface area contributed by atoms with Crippen molar-refractivity contribution in [3.8, 4) is 0 Å². The molecule has 10 heteroatoms. The molecule has 0 aliphatic rings. The van der Waals surface area contributed by atoms with Crippen molar-refractivity contribution in [3.63, 3.8) is 0 Å². The SMILES string of the molecule is C[Si](C)(C)CCOCn1c(S(C)(=O)=O)cnc1C(O)c1ccc(F)c(Cl)c1. The predicted molar refractivity (Wildman–Crippen MR) is 105 cm³/mol. The van der Waals surface area contributed by atoms with E-state index < -0.39 is 29.8 Å². The van der Waals surface area contributed by atoms with E-state index in [0.29, 0.717) is 12.2 Å². The first-order valence-corrected chi connectivity index (χ1v) is 14.3. The Bertz CT molecular complexity index is 912. The van der Waals surface area contributed by atoms with Crippen molar-refractivity contribution in [1.29, 1.82) is 0 Å². The van der Waals surface area contributed by atoms with Crippen molar-refractivity contribution in [2.75, 3.05) is 12.9 Å². The van der Waals surface area contributed by atoms with Crippen LogP contribution < -0.4 is 0 Å². The first-order chi connectivity index (χ1) is 12.4. The van der Waals surface area contributed by atoms with Crippen LogP contribution >= 0.6 is 11.6 Å². The van der Waals surface area contributed by atoms with E-state index in [1.54, 1.807) is 0 Å². The van der Waals surface area contributed by atoms with Gasteiger partial charge in [-0.3, -0.25) is 4.57 Å². The molecule has 1 N–H and O–H groups in total. The van der Waals surface area contributed by atoms with Gasteiger partial charge in [-0.2, -0.15) is 0 Å². The molecule has 0 aliphatic carbocycles. The van der Waals surface area contributed by atoms with E-state index in [-0.39, 0.29) is 22.6 Å². The Morgan fingerprint density at radius 2 is 2.04 bits per heavy atom. The largest absolute Gasteiger partial charge is 0.380 e. The standard InChI is InChI=1S/C17H24ClFN2O4SSi/c1-26(23,24)15-10-20-17(21(15)11-25-7-8-27(2,3)4)16(22)12-5-6-14(19)13(18)9-12/h5-6,9-10,16,22H,7-8,11H2,1-4H3. The van der Waals surface area contributed by atoms with Gasteiger partial charge in [0, 0.05) is 20.9 Å². The van der Waals surface area contributed by atoms with Crippen molar-refractivity contribution in [3.05, 3.63) is 46.6 Å². The van der Waals surface area contributed by atoms with Gasteiger partial charge in [-0.1, -0.05) is 37.3 Å². The fraction of sp³-hybridized carbons (Fsp3) is 0.471. The van der Waals surface area contributed by atoms with Crippen LogP contribution in [0.15, 0.2) is 29.4 Å². The number of nitrogens with zero attached hydrogens (tertiary/aromatic N) is 2. The number of aromatic nitrogens is 2. The van der Waals surface area contributed by atoms with E-state index in [1.165, 1.54) is 22.9 Å². The normalized spacial score (nSPS) is 13.7. The zero-order valence-corrected chi connectivity index (χ0v) is 18.3. The van der Waals surface area contributed by atoms with Crippen LogP contribution in [-0.2, 0) is 21.3 Å². The van der Waals surface area contributed by atoms with Crippen molar-refractivity contribution < 1.29 is 22.7 Å². The van der Waals surface area contributed by atoms with Crippen LogP contribution in [-0.4, -0.2) is 44.0 Å². The predicted octanol–water partition coefficient (Wildman–Crippen LogP) is 3.47. The quantitative estimate of drug-likeness (QED) is 0.508. The fourth-order valence-corrected chi connectivity index (χ4v) is 4.12. The first-order valence-electron chi connectivity index (χ1n) is 8.36. The lowest BCUT2D eigenvalue weighted by atomic mass is 10.1. The molecule has 1 atom stereocenters. The minimum atomic E-state index is -3.58. The number of sulfone groups is 1. The van der Waals surface area contributed by atoms with Gasteiger partial charge in [-0.25, -0.2) is 17.8 Å². The maximum Gasteiger partial charge on any atom is 0.192 e. The summed E-state index contributed by atoms with van der Waals surface area (Å²) in [6.07, 6.45) is 0.966. The monoisotopic (exact) mass is 434 g/mol. The maximum absolute atomic E-state index is 13.4. The number of halogens is 2. The van der Waals surface area contributed by atoms with Crippen molar-refractivity contribution in [1.82, 2.24) is 9.55 Å². The highest BCUT2D eigenvalue weighted by molar-refractivity contribution is 7.90. The van der Waals surface area contributed by atoms with E-state index >= 15 is 0 Å². The summed E-state index contributed by atoms with van der Waals surface area (Å²) < 4.78 is 44.5. The number of rotatable bonds is 8. The smallest absolute Gasteiger partial charge is 0.192 e. The van der Waals surface area contributed by atoms with Gasteiger partial charge >= 0.3 is 0 Å². The van der Waals surface area contributed by atoms with Crippen LogP contribution in [0.5, 0.6) is 0 Å². The lowest BCUT2D eigenvalue weighted by molar-refractivity contribution is 0.0728. The number of benzene rings is 1. The van der Waals surface area contributed by atoms with Crippen LogP contribution in [0.4, 0.5) is 4.39 Å². The molecule has 0 saturated carbocycles. The van der Waals surface area contributed by atoms with Gasteiger partial charge in [0.1, 0.15) is 24.5 Å². The van der Waals surface area contributed by atoms with Gasteiger partial charge < -0.3 is 9.84 Å². The van der Waals surface area contributed by atoms with E-state index in [9.17, 15) is 17.9 Å². The molecule has 1 unspecified atom stereocenters.